The monoisotopic (exact) mass is 433 g/mol. The van der Waals surface area contributed by atoms with Gasteiger partial charge in [-0.2, -0.15) is 0 Å². The van der Waals surface area contributed by atoms with Crippen LogP contribution in [-0.2, 0) is 0 Å². The topological polar surface area (TPSA) is 108 Å². The molecule has 1 aromatic heterocycles. The number of carbonyl (C=O) groups is 1. The molecule has 0 saturated heterocycles. The summed E-state index contributed by atoms with van der Waals surface area (Å²) in [6.45, 7) is 1.66. The normalized spacial score (nSPS) is 11.1. The molecule has 29 heavy (non-hydrogen) atoms. The van der Waals surface area contributed by atoms with Gasteiger partial charge in [-0.05, 0) is 61.1 Å². The smallest absolute Gasteiger partial charge is 0.335 e. The summed E-state index contributed by atoms with van der Waals surface area (Å²) in [7, 11) is 0. The summed E-state index contributed by atoms with van der Waals surface area (Å²) in [4.78, 5) is 29.9. The zero-order valence-electron chi connectivity index (χ0n) is 14.8. The van der Waals surface area contributed by atoms with Gasteiger partial charge < -0.3 is 10.2 Å². The van der Waals surface area contributed by atoms with Crippen molar-refractivity contribution in [3.63, 3.8) is 0 Å². The van der Waals surface area contributed by atoms with E-state index in [0.717, 1.165) is 16.8 Å². The molecule has 0 aliphatic heterocycles. The fourth-order valence-electron chi connectivity index (χ4n) is 2.59. The van der Waals surface area contributed by atoms with Gasteiger partial charge >= 0.3 is 5.97 Å². The SMILES string of the molecule is Cc1cc(C(=O)O)ccc1N=Cc1c(O)n(-c2ccc(F)c(Cl)c2)c(=S)[nH]c1=O. The van der Waals surface area contributed by atoms with Gasteiger partial charge in [-0.15, -0.1) is 0 Å². The minimum atomic E-state index is -1.07. The maximum Gasteiger partial charge on any atom is 0.335 e. The highest BCUT2D eigenvalue weighted by Crippen LogP contribution is 2.24. The summed E-state index contributed by atoms with van der Waals surface area (Å²) in [5.41, 5.74) is 0.444. The Labute approximate surface area is 173 Å². The Morgan fingerprint density at radius 1 is 1.31 bits per heavy atom. The third-order valence-corrected chi connectivity index (χ3v) is 4.63. The number of rotatable bonds is 4. The number of nitrogens with zero attached hydrogens (tertiary/aromatic N) is 2. The van der Waals surface area contributed by atoms with Gasteiger partial charge in [0.2, 0.25) is 5.88 Å². The van der Waals surface area contributed by atoms with Crippen molar-refractivity contribution in [1.82, 2.24) is 9.55 Å². The van der Waals surface area contributed by atoms with Crippen LogP contribution in [0.1, 0.15) is 21.5 Å². The van der Waals surface area contributed by atoms with Crippen molar-refractivity contribution in [2.24, 2.45) is 4.99 Å². The van der Waals surface area contributed by atoms with E-state index >= 15 is 0 Å². The van der Waals surface area contributed by atoms with Gasteiger partial charge in [0.15, 0.2) is 4.77 Å². The predicted molar refractivity (Wildman–Crippen MR) is 109 cm³/mol. The maximum atomic E-state index is 13.4. The molecule has 0 spiro atoms. The first-order valence-electron chi connectivity index (χ1n) is 8.10. The molecular formula is C19H13ClFN3O4S. The maximum absolute atomic E-state index is 13.4. The minimum absolute atomic E-state index is 0.101. The van der Waals surface area contributed by atoms with Crippen LogP contribution in [-0.4, -0.2) is 31.9 Å². The summed E-state index contributed by atoms with van der Waals surface area (Å²) in [6.07, 6.45) is 1.13. The molecule has 3 N–H and O–H groups in total. The zero-order valence-corrected chi connectivity index (χ0v) is 16.4. The highest BCUT2D eigenvalue weighted by Gasteiger charge is 2.14. The Morgan fingerprint density at radius 2 is 2.03 bits per heavy atom. The number of aromatic amines is 1. The molecule has 0 fully saturated rings. The largest absolute Gasteiger partial charge is 0.494 e. The predicted octanol–water partition coefficient (Wildman–Crippen LogP) is 4.15. The molecule has 0 radical (unpaired) electrons. The Morgan fingerprint density at radius 3 is 2.66 bits per heavy atom. The first-order valence-corrected chi connectivity index (χ1v) is 8.89. The Hall–Kier alpha value is -3.30. The molecule has 2 aromatic carbocycles. The fourth-order valence-corrected chi connectivity index (χ4v) is 3.05. The van der Waals surface area contributed by atoms with Crippen molar-refractivity contribution in [1.29, 1.82) is 0 Å². The van der Waals surface area contributed by atoms with Crippen LogP contribution in [0.25, 0.3) is 5.69 Å². The number of aromatic nitrogens is 2. The van der Waals surface area contributed by atoms with E-state index in [9.17, 15) is 19.1 Å². The first kappa shape index (κ1) is 20.4. The van der Waals surface area contributed by atoms with Crippen LogP contribution in [0, 0.1) is 17.5 Å². The van der Waals surface area contributed by atoms with Crippen molar-refractivity contribution in [2.45, 2.75) is 6.92 Å². The lowest BCUT2D eigenvalue weighted by Gasteiger charge is -2.11. The molecule has 1 heterocycles. The van der Waals surface area contributed by atoms with Crippen molar-refractivity contribution in [3.8, 4) is 11.6 Å². The lowest BCUT2D eigenvalue weighted by atomic mass is 10.1. The summed E-state index contributed by atoms with van der Waals surface area (Å²) < 4.78 is 14.4. The lowest BCUT2D eigenvalue weighted by molar-refractivity contribution is 0.0697. The van der Waals surface area contributed by atoms with Crippen LogP contribution in [0.3, 0.4) is 0 Å². The molecule has 0 atom stereocenters. The van der Waals surface area contributed by atoms with Crippen molar-refractivity contribution >= 4 is 41.7 Å². The zero-order chi connectivity index (χ0) is 21.3. The van der Waals surface area contributed by atoms with E-state index in [0.29, 0.717) is 11.3 Å². The fraction of sp³-hybridized carbons (Fsp3) is 0.0526. The van der Waals surface area contributed by atoms with Gasteiger partial charge in [0, 0.05) is 6.21 Å². The van der Waals surface area contributed by atoms with Crippen LogP contribution >= 0.6 is 23.8 Å². The number of hydrogen-bond acceptors (Lipinski definition) is 5. The molecular weight excluding hydrogens is 421 g/mol. The van der Waals surface area contributed by atoms with E-state index in [-0.39, 0.29) is 26.6 Å². The highest BCUT2D eigenvalue weighted by molar-refractivity contribution is 7.71. The molecule has 0 saturated carbocycles. The van der Waals surface area contributed by atoms with Crippen LogP contribution in [0.5, 0.6) is 5.88 Å². The van der Waals surface area contributed by atoms with E-state index in [2.05, 4.69) is 9.98 Å². The van der Waals surface area contributed by atoms with Crippen LogP contribution in [0.2, 0.25) is 5.02 Å². The number of aromatic hydroxyl groups is 1. The van der Waals surface area contributed by atoms with E-state index in [1.165, 1.54) is 30.3 Å². The third-order valence-electron chi connectivity index (χ3n) is 4.06. The van der Waals surface area contributed by atoms with Crippen LogP contribution in [0.4, 0.5) is 10.1 Å². The number of benzene rings is 2. The minimum Gasteiger partial charge on any atom is -0.494 e. The molecule has 0 aliphatic rings. The second-order valence-electron chi connectivity index (χ2n) is 5.99. The number of carboxylic acid groups (broad SMARTS) is 1. The van der Waals surface area contributed by atoms with Crippen molar-refractivity contribution in [3.05, 3.63) is 79.1 Å². The van der Waals surface area contributed by atoms with Crippen molar-refractivity contribution < 1.29 is 19.4 Å². The molecule has 3 aromatic rings. The van der Waals surface area contributed by atoms with E-state index in [1.54, 1.807) is 6.92 Å². The lowest BCUT2D eigenvalue weighted by Crippen LogP contribution is -2.18. The van der Waals surface area contributed by atoms with Gasteiger partial charge in [-0.3, -0.25) is 19.3 Å². The Kier molecular flexibility index (Phi) is 5.62. The first-order chi connectivity index (χ1) is 13.7. The Balaban J connectivity index is 2.10. The van der Waals surface area contributed by atoms with Gasteiger partial charge in [0.1, 0.15) is 11.4 Å². The standard InChI is InChI=1S/C19H13ClFN3O4S/c1-9-6-10(18(27)28)2-5-15(9)22-8-12-16(25)23-19(29)24(17(12)26)11-3-4-14(21)13(20)7-11/h2-8,26H,1H3,(H,27,28)(H,23,25,29). The van der Waals surface area contributed by atoms with Crippen LogP contribution < -0.4 is 5.56 Å². The molecule has 148 valence electrons. The average molecular weight is 434 g/mol. The number of aliphatic imine (C=N–C) groups is 1. The van der Waals surface area contributed by atoms with Crippen molar-refractivity contribution in [2.75, 3.05) is 0 Å². The molecule has 10 heteroatoms. The number of halogens is 2. The molecule has 7 nitrogen and oxygen atoms in total. The van der Waals surface area contributed by atoms with Gasteiger partial charge in [-0.25, -0.2) is 9.18 Å². The molecule has 0 aliphatic carbocycles. The molecule has 3 rings (SSSR count). The van der Waals surface area contributed by atoms with Gasteiger partial charge in [0.25, 0.3) is 5.56 Å². The molecule has 0 bridgehead atoms. The van der Waals surface area contributed by atoms with E-state index < -0.39 is 23.2 Å². The number of H-pyrrole nitrogens is 1. The number of nitrogens with one attached hydrogen (secondary N) is 1. The second kappa shape index (κ2) is 7.98. The number of aryl methyl sites for hydroxylation is 1. The summed E-state index contributed by atoms with van der Waals surface area (Å²) in [6, 6.07) is 7.98. The third kappa shape index (κ3) is 4.10. The summed E-state index contributed by atoms with van der Waals surface area (Å²) in [5.74, 6) is -2.23. The van der Waals surface area contributed by atoms with Gasteiger partial charge in [0.05, 0.1) is 22.0 Å². The second-order valence-corrected chi connectivity index (χ2v) is 6.79. The van der Waals surface area contributed by atoms with E-state index in [1.807, 2.05) is 0 Å². The average Bonchev–Trinajstić information content (AvgIpc) is 2.65. The number of aromatic carboxylic acids is 1. The highest BCUT2D eigenvalue weighted by atomic mass is 35.5. The van der Waals surface area contributed by atoms with E-state index in [4.69, 9.17) is 28.9 Å². The number of hydrogen-bond donors (Lipinski definition) is 3. The quantitative estimate of drug-likeness (QED) is 0.423. The summed E-state index contributed by atoms with van der Waals surface area (Å²) in [5, 5.41) is 19.4. The number of carboxylic acids is 1. The van der Waals surface area contributed by atoms with Gasteiger partial charge in [-0.1, -0.05) is 11.6 Å². The van der Waals surface area contributed by atoms with Crippen LogP contribution in [0.15, 0.2) is 46.2 Å². The molecule has 0 amide bonds. The molecule has 0 unspecified atom stereocenters. The Bertz CT molecular complexity index is 1280. The summed E-state index contributed by atoms with van der Waals surface area (Å²) >= 11 is 10.9.